The van der Waals surface area contributed by atoms with E-state index in [1.54, 1.807) is 16.2 Å². The number of nitrogens with one attached hydrogen (secondary N) is 1. The molecule has 30 heavy (non-hydrogen) atoms. The van der Waals surface area contributed by atoms with Crippen LogP contribution in [0, 0.1) is 12.3 Å². The van der Waals surface area contributed by atoms with Gasteiger partial charge in [0.15, 0.2) is 0 Å². The van der Waals surface area contributed by atoms with E-state index in [2.05, 4.69) is 22.4 Å². The van der Waals surface area contributed by atoms with Crippen molar-refractivity contribution in [2.45, 2.75) is 65.6 Å². The first-order chi connectivity index (χ1) is 14.1. The molecule has 1 aliphatic rings. The first kappa shape index (κ1) is 22.4. The Hall–Kier alpha value is -2.25. The Morgan fingerprint density at radius 1 is 1.27 bits per heavy atom. The molecule has 1 aromatic heterocycles. The Kier molecular flexibility index (Phi) is 6.62. The molecule has 2 amide bonds. The first-order valence-corrected chi connectivity index (χ1v) is 11.3. The van der Waals surface area contributed by atoms with Crippen molar-refractivity contribution in [1.82, 2.24) is 15.2 Å². The van der Waals surface area contributed by atoms with Crippen molar-refractivity contribution in [3.05, 3.63) is 41.0 Å². The van der Waals surface area contributed by atoms with E-state index in [9.17, 15) is 9.59 Å². The number of carbonyl (C=O) groups is 2. The molecule has 1 aromatic carbocycles. The fourth-order valence-electron chi connectivity index (χ4n) is 3.75. The number of likely N-dealkylation sites (tertiary alicyclic amines) is 1. The lowest BCUT2D eigenvalue weighted by Gasteiger charge is -2.33. The van der Waals surface area contributed by atoms with E-state index in [1.807, 2.05) is 52.3 Å². The summed E-state index contributed by atoms with van der Waals surface area (Å²) in [5.74, 6) is -0.256. The number of carbonyl (C=O) groups excluding carboxylic acids is 2. The summed E-state index contributed by atoms with van der Waals surface area (Å²) in [6.45, 7) is 10.4. The van der Waals surface area contributed by atoms with Crippen LogP contribution in [0.3, 0.4) is 0 Å². The molecular weight excluding hydrogens is 396 g/mol. The Morgan fingerprint density at radius 3 is 2.50 bits per heavy atom. The smallest absolute Gasteiger partial charge is 0.243 e. The van der Waals surface area contributed by atoms with Crippen molar-refractivity contribution >= 4 is 23.2 Å². The third-order valence-electron chi connectivity index (χ3n) is 5.81. The minimum absolute atomic E-state index is 0.114. The summed E-state index contributed by atoms with van der Waals surface area (Å²) in [5, 5.41) is 3.08. The van der Waals surface area contributed by atoms with Crippen molar-refractivity contribution in [3.63, 3.8) is 0 Å². The van der Waals surface area contributed by atoms with E-state index in [4.69, 9.17) is 5.73 Å². The van der Waals surface area contributed by atoms with Gasteiger partial charge in [-0.15, -0.1) is 11.3 Å². The van der Waals surface area contributed by atoms with Gasteiger partial charge in [0.1, 0.15) is 6.04 Å². The number of nitrogens with zero attached hydrogens (tertiary/aromatic N) is 2. The van der Waals surface area contributed by atoms with Gasteiger partial charge in [0.25, 0.3) is 0 Å². The van der Waals surface area contributed by atoms with Gasteiger partial charge in [0, 0.05) is 6.54 Å². The molecule has 1 saturated heterocycles. The molecule has 2 heterocycles. The number of thiazole rings is 1. The second kappa shape index (κ2) is 8.86. The van der Waals surface area contributed by atoms with Gasteiger partial charge >= 0.3 is 0 Å². The minimum atomic E-state index is -0.619. The van der Waals surface area contributed by atoms with Crippen LogP contribution in [0.2, 0.25) is 0 Å². The van der Waals surface area contributed by atoms with E-state index < -0.39 is 12.1 Å². The van der Waals surface area contributed by atoms with Crippen LogP contribution < -0.4 is 11.1 Å². The molecule has 3 N–H and O–H groups in total. The van der Waals surface area contributed by atoms with Gasteiger partial charge in [0.2, 0.25) is 11.8 Å². The highest BCUT2D eigenvalue weighted by Crippen LogP contribution is 2.29. The molecule has 6 nitrogen and oxygen atoms in total. The van der Waals surface area contributed by atoms with Gasteiger partial charge < -0.3 is 16.0 Å². The summed E-state index contributed by atoms with van der Waals surface area (Å²) in [4.78, 5) is 32.9. The summed E-state index contributed by atoms with van der Waals surface area (Å²) in [5.41, 5.74) is 10.8. The highest BCUT2D eigenvalue weighted by molar-refractivity contribution is 7.13. The van der Waals surface area contributed by atoms with Crippen LogP contribution in [0.25, 0.3) is 10.4 Å². The SMILES string of the molecule is Cc1ncsc1-c1ccc([C@H](C)NC(=O)[C@@H]2CCCN2C(=O)[C@@H](N)C(C)(C)C)cc1. The number of amides is 2. The molecular formula is C23H32N4O2S. The molecule has 0 unspecified atom stereocenters. The number of nitrogens with two attached hydrogens (primary N) is 1. The predicted molar refractivity (Wildman–Crippen MR) is 121 cm³/mol. The van der Waals surface area contributed by atoms with Crippen LogP contribution in [0.5, 0.6) is 0 Å². The third kappa shape index (κ3) is 4.73. The molecule has 0 aliphatic carbocycles. The molecule has 1 aliphatic heterocycles. The monoisotopic (exact) mass is 428 g/mol. The maximum Gasteiger partial charge on any atom is 0.243 e. The Balaban J connectivity index is 1.66. The summed E-state index contributed by atoms with van der Waals surface area (Å²) < 4.78 is 0. The molecule has 7 heteroatoms. The summed E-state index contributed by atoms with van der Waals surface area (Å²) in [6, 6.07) is 6.97. The van der Waals surface area contributed by atoms with Gasteiger partial charge in [-0.25, -0.2) is 4.98 Å². The second-order valence-corrected chi connectivity index (χ2v) is 10.0. The van der Waals surface area contributed by atoms with Gasteiger partial charge in [-0.05, 0) is 43.2 Å². The average Bonchev–Trinajstić information content (AvgIpc) is 3.35. The van der Waals surface area contributed by atoms with Crippen molar-refractivity contribution < 1.29 is 9.59 Å². The zero-order valence-corrected chi connectivity index (χ0v) is 19.3. The Labute approximate surface area is 182 Å². The minimum Gasteiger partial charge on any atom is -0.348 e. The standard InChI is InChI=1S/C23H32N4O2S/c1-14(16-8-10-17(11-9-16)19-15(2)25-13-30-19)26-21(28)18-7-6-12-27(18)22(29)20(24)23(3,4)5/h8-11,13-14,18,20H,6-7,12,24H2,1-5H3,(H,26,28)/t14-,18-,20+/m0/s1. The number of hydrogen-bond acceptors (Lipinski definition) is 5. The lowest BCUT2D eigenvalue weighted by atomic mass is 9.86. The van der Waals surface area contributed by atoms with Gasteiger partial charge in [-0.2, -0.15) is 0 Å². The van der Waals surface area contributed by atoms with E-state index in [-0.39, 0.29) is 23.3 Å². The lowest BCUT2D eigenvalue weighted by molar-refractivity contribution is -0.141. The van der Waals surface area contributed by atoms with Gasteiger partial charge in [-0.1, -0.05) is 45.0 Å². The van der Waals surface area contributed by atoms with Crippen LogP contribution >= 0.6 is 11.3 Å². The van der Waals surface area contributed by atoms with Crippen molar-refractivity contribution in [2.24, 2.45) is 11.1 Å². The van der Waals surface area contributed by atoms with Crippen LogP contribution in [0.1, 0.15) is 57.8 Å². The van der Waals surface area contributed by atoms with Crippen molar-refractivity contribution in [3.8, 4) is 10.4 Å². The maximum atomic E-state index is 13.0. The Morgan fingerprint density at radius 2 is 1.93 bits per heavy atom. The van der Waals surface area contributed by atoms with Crippen LogP contribution in [0.4, 0.5) is 0 Å². The highest BCUT2D eigenvalue weighted by Gasteiger charge is 2.39. The fraction of sp³-hybridized carbons (Fsp3) is 0.522. The molecule has 0 bridgehead atoms. The van der Waals surface area contributed by atoms with Crippen LogP contribution in [-0.4, -0.2) is 40.3 Å². The predicted octanol–water partition coefficient (Wildman–Crippen LogP) is 3.66. The quantitative estimate of drug-likeness (QED) is 0.761. The third-order valence-corrected chi connectivity index (χ3v) is 6.79. The number of hydrogen-bond donors (Lipinski definition) is 2. The largest absolute Gasteiger partial charge is 0.348 e. The second-order valence-electron chi connectivity index (χ2n) is 9.15. The molecule has 162 valence electrons. The molecule has 1 fully saturated rings. The molecule has 3 atom stereocenters. The lowest BCUT2D eigenvalue weighted by Crippen LogP contribution is -2.55. The zero-order chi connectivity index (χ0) is 22.1. The van der Waals surface area contributed by atoms with E-state index >= 15 is 0 Å². The molecule has 0 spiro atoms. The van der Waals surface area contributed by atoms with Crippen LogP contribution in [-0.2, 0) is 9.59 Å². The van der Waals surface area contributed by atoms with Crippen molar-refractivity contribution in [1.29, 1.82) is 0 Å². The summed E-state index contributed by atoms with van der Waals surface area (Å²) in [6.07, 6.45) is 1.49. The topological polar surface area (TPSA) is 88.3 Å². The maximum absolute atomic E-state index is 13.0. The summed E-state index contributed by atoms with van der Waals surface area (Å²) in [7, 11) is 0. The average molecular weight is 429 g/mol. The number of benzene rings is 1. The Bertz CT molecular complexity index is 901. The molecule has 0 saturated carbocycles. The highest BCUT2D eigenvalue weighted by atomic mass is 32.1. The molecule has 2 aromatic rings. The molecule has 0 radical (unpaired) electrons. The van der Waals surface area contributed by atoms with E-state index in [0.717, 1.165) is 28.1 Å². The number of rotatable bonds is 5. The van der Waals surface area contributed by atoms with E-state index in [0.29, 0.717) is 13.0 Å². The van der Waals surface area contributed by atoms with Crippen molar-refractivity contribution in [2.75, 3.05) is 6.54 Å². The van der Waals surface area contributed by atoms with Gasteiger partial charge in [0.05, 0.1) is 28.2 Å². The van der Waals surface area contributed by atoms with Crippen LogP contribution in [0.15, 0.2) is 29.8 Å². The first-order valence-electron chi connectivity index (χ1n) is 10.5. The number of aryl methyl sites for hydroxylation is 1. The van der Waals surface area contributed by atoms with Gasteiger partial charge in [-0.3, -0.25) is 9.59 Å². The van der Waals surface area contributed by atoms with E-state index in [1.165, 1.54) is 0 Å². The number of aromatic nitrogens is 1. The fourth-order valence-corrected chi connectivity index (χ4v) is 4.56. The molecule has 3 rings (SSSR count). The summed E-state index contributed by atoms with van der Waals surface area (Å²) >= 11 is 1.62. The zero-order valence-electron chi connectivity index (χ0n) is 18.4. The normalized spacial score (nSPS) is 18.9.